The van der Waals surface area contributed by atoms with E-state index in [0.29, 0.717) is 29.7 Å². The molecule has 38 heavy (non-hydrogen) atoms. The Labute approximate surface area is 218 Å². The lowest BCUT2D eigenvalue weighted by Crippen LogP contribution is -2.44. The second-order valence-electron chi connectivity index (χ2n) is 10.7. The van der Waals surface area contributed by atoms with Crippen LogP contribution in [0.5, 0.6) is 6.01 Å². The Morgan fingerprint density at radius 2 is 2.00 bits per heavy atom. The number of hydrogen-bond donors (Lipinski definition) is 2. The van der Waals surface area contributed by atoms with E-state index in [1.165, 1.54) is 0 Å². The van der Waals surface area contributed by atoms with Crippen molar-refractivity contribution >= 4 is 27.6 Å². The van der Waals surface area contributed by atoms with Crippen molar-refractivity contribution in [3.8, 4) is 17.3 Å². The Morgan fingerprint density at radius 1 is 1.13 bits per heavy atom. The molecule has 7 rings (SSSR count). The number of rotatable bonds is 5. The van der Waals surface area contributed by atoms with Gasteiger partial charge in [0.25, 0.3) is 0 Å². The normalized spacial score (nSPS) is 24.0. The van der Waals surface area contributed by atoms with Gasteiger partial charge in [-0.3, -0.25) is 15.0 Å². The van der Waals surface area contributed by atoms with Crippen LogP contribution < -0.4 is 15.0 Å². The van der Waals surface area contributed by atoms with E-state index in [0.717, 1.165) is 62.0 Å². The summed E-state index contributed by atoms with van der Waals surface area (Å²) in [5.41, 5.74) is 2.42. The fraction of sp³-hybridized carbons (Fsp3) is 0.481. The lowest BCUT2D eigenvalue weighted by atomic mass is 9.95. The number of fused-ring (bicyclic) bond motifs is 3. The van der Waals surface area contributed by atoms with E-state index in [1.807, 2.05) is 19.1 Å². The lowest BCUT2D eigenvalue weighted by molar-refractivity contribution is 0.107. The maximum Gasteiger partial charge on any atom is 0.319 e. The zero-order chi connectivity index (χ0) is 25.9. The number of piperazine rings is 1. The molecule has 0 saturated carbocycles. The summed E-state index contributed by atoms with van der Waals surface area (Å²) >= 11 is 0. The number of nitrogens with zero attached hydrogens (tertiary/aromatic N) is 6. The molecule has 198 valence electrons. The molecule has 6 heterocycles. The third kappa shape index (κ3) is 3.79. The van der Waals surface area contributed by atoms with Crippen LogP contribution >= 0.6 is 0 Å². The lowest BCUT2D eigenvalue weighted by Gasteiger charge is -2.31. The minimum atomic E-state index is -0.854. The van der Waals surface area contributed by atoms with Gasteiger partial charge in [-0.2, -0.15) is 15.1 Å². The summed E-state index contributed by atoms with van der Waals surface area (Å²) in [4.78, 5) is 18.2. The highest BCUT2D eigenvalue weighted by atomic mass is 19.1. The number of halogens is 2. The molecule has 1 aromatic carbocycles. The highest BCUT2D eigenvalue weighted by Crippen LogP contribution is 2.41. The molecular weight excluding hydrogens is 490 g/mol. The summed E-state index contributed by atoms with van der Waals surface area (Å²) < 4.78 is 36.9. The number of hydrogen-bond acceptors (Lipinski definition) is 8. The van der Waals surface area contributed by atoms with Gasteiger partial charge in [0.1, 0.15) is 29.8 Å². The highest BCUT2D eigenvalue weighted by molar-refractivity contribution is 5.98. The molecule has 0 spiro atoms. The van der Waals surface area contributed by atoms with Crippen molar-refractivity contribution in [1.29, 1.82) is 0 Å². The van der Waals surface area contributed by atoms with Crippen LogP contribution in [0.3, 0.4) is 0 Å². The average Bonchev–Trinajstić information content (AvgIpc) is 3.63. The van der Waals surface area contributed by atoms with Gasteiger partial charge in [-0.15, -0.1) is 0 Å². The topological polar surface area (TPSA) is 95.1 Å². The van der Waals surface area contributed by atoms with Gasteiger partial charge in [0.15, 0.2) is 5.82 Å². The van der Waals surface area contributed by atoms with E-state index in [-0.39, 0.29) is 29.4 Å². The number of benzene rings is 1. The van der Waals surface area contributed by atoms with Gasteiger partial charge in [0, 0.05) is 56.3 Å². The monoisotopic (exact) mass is 520 g/mol. The van der Waals surface area contributed by atoms with Crippen LogP contribution in [0.25, 0.3) is 33.1 Å². The van der Waals surface area contributed by atoms with Crippen molar-refractivity contribution in [3.63, 3.8) is 0 Å². The largest absolute Gasteiger partial charge is 0.461 e. The molecule has 3 aliphatic heterocycles. The van der Waals surface area contributed by atoms with Crippen molar-refractivity contribution < 1.29 is 13.5 Å². The number of aromatic amines is 1. The van der Waals surface area contributed by atoms with Gasteiger partial charge < -0.3 is 15.0 Å². The number of ether oxygens (including phenoxy) is 1. The first-order valence-electron chi connectivity index (χ1n) is 13.3. The van der Waals surface area contributed by atoms with E-state index in [2.05, 4.69) is 35.3 Å². The SMILES string of the molecule is Cc1ccc2[nH]ncc2c1-c1ncc2c(N3CCNCC3)nc(OC[C@@]34CCCN3CC(F)C4)nc2c1F. The van der Waals surface area contributed by atoms with E-state index in [9.17, 15) is 4.39 Å². The summed E-state index contributed by atoms with van der Waals surface area (Å²) in [6.45, 7) is 6.58. The minimum Gasteiger partial charge on any atom is -0.461 e. The van der Waals surface area contributed by atoms with Crippen LogP contribution in [0.2, 0.25) is 0 Å². The summed E-state index contributed by atoms with van der Waals surface area (Å²) in [7, 11) is 0. The Kier molecular flexibility index (Phi) is 5.66. The smallest absolute Gasteiger partial charge is 0.319 e. The first-order valence-corrected chi connectivity index (χ1v) is 13.3. The predicted octanol–water partition coefficient (Wildman–Crippen LogP) is 3.38. The molecule has 0 radical (unpaired) electrons. The van der Waals surface area contributed by atoms with Crippen LogP contribution in [-0.4, -0.2) is 87.6 Å². The van der Waals surface area contributed by atoms with Crippen molar-refractivity contribution in [2.45, 2.75) is 37.9 Å². The number of anilines is 1. The fourth-order valence-corrected chi connectivity index (χ4v) is 6.47. The molecule has 2 atom stereocenters. The van der Waals surface area contributed by atoms with Crippen LogP contribution in [-0.2, 0) is 0 Å². The standard InChI is InChI=1S/C27H30F2N8O/c1-16-3-4-20-18(13-32-35-20)21(16)24-22(29)23-19(12-31-24)25(36-9-6-30-7-10-36)34-26(33-23)38-15-27-5-2-8-37(27)14-17(28)11-27/h3-4,12-13,17,30H,2,5-11,14-15H2,1H3,(H,32,35)/t17?,27-/m0/s1. The third-order valence-corrected chi connectivity index (χ3v) is 8.36. The third-order valence-electron chi connectivity index (χ3n) is 8.36. The molecular formula is C27H30F2N8O. The van der Waals surface area contributed by atoms with E-state index >= 15 is 4.39 Å². The summed E-state index contributed by atoms with van der Waals surface area (Å²) in [5.74, 6) is 0.0894. The first kappa shape index (κ1) is 23.7. The molecule has 0 amide bonds. The molecule has 3 fully saturated rings. The Bertz CT molecular complexity index is 1520. The summed E-state index contributed by atoms with van der Waals surface area (Å²) in [5, 5.41) is 11.8. The van der Waals surface area contributed by atoms with E-state index in [4.69, 9.17) is 9.72 Å². The molecule has 9 nitrogen and oxygen atoms in total. The molecule has 1 unspecified atom stereocenters. The van der Waals surface area contributed by atoms with Crippen molar-refractivity contribution in [2.24, 2.45) is 0 Å². The van der Waals surface area contributed by atoms with Crippen LogP contribution in [0, 0.1) is 12.7 Å². The first-order chi connectivity index (χ1) is 18.5. The number of pyridine rings is 1. The molecule has 3 saturated heterocycles. The predicted molar refractivity (Wildman–Crippen MR) is 141 cm³/mol. The molecule has 0 bridgehead atoms. The molecule has 4 aromatic rings. The van der Waals surface area contributed by atoms with Gasteiger partial charge >= 0.3 is 6.01 Å². The van der Waals surface area contributed by atoms with Gasteiger partial charge in [0.2, 0.25) is 0 Å². The molecule has 2 N–H and O–H groups in total. The Morgan fingerprint density at radius 3 is 2.87 bits per heavy atom. The fourth-order valence-electron chi connectivity index (χ4n) is 6.47. The number of alkyl halides is 1. The highest BCUT2D eigenvalue weighted by Gasteiger charge is 2.49. The quantitative estimate of drug-likeness (QED) is 0.414. The Balaban J connectivity index is 1.34. The molecule has 3 aromatic heterocycles. The zero-order valence-electron chi connectivity index (χ0n) is 21.3. The van der Waals surface area contributed by atoms with E-state index in [1.54, 1.807) is 12.4 Å². The molecule has 0 aliphatic carbocycles. The molecule has 3 aliphatic rings. The number of H-pyrrole nitrogens is 1. The van der Waals surface area contributed by atoms with Crippen molar-refractivity contribution in [3.05, 3.63) is 35.9 Å². The van der Waals surface area contributed by atoms with Crippen LogP contribution in [0.4, 0.5) is 14.6 Å². The second kappa shape index (κ2) is 9.09. The zero-order valence-corrected chi connectivity index (χ0v) is 21.3. The van der Waals surface area contributed by atoms with Crippen molar-refractivity contribution in [2.75, 3.05) is 50.8 Å². The van der Waals surface area contributed by atoms with Gasteiger partial charge in [-0.1, -0.05) is 6.07 Å². The summed E-state index contributed by atoms with van der Waals surface area (Å²) in [6.07, 6.45) is 4.84. The van der Waals surface area contributed by atoms with Gasteiger partial charge in [-0.25, -0.2) is 8.78 Å². The minimum absolute atomic E-state index is 0.115. The molecule has 11 heteroatoms. The number of aromatic nitrogens is 5. The van der Waals surface area contributed by atoms with Crippen LogP contribution in [0.15, 0.2) is 24.5 Å². The van der Waals surface area contributed by atoms with Gasteiger partial charge in [0.05, 0.1) is 22.6 Å². The second-order valence-corrected chi connectivity index (χ2v) is 10.7. The van der Waals surface area contributed by atoms with Gasteiger partial charge in [-0.05, 0) is 37.9 Å². The number of nitrogens with one attached hydrogen (secondary N) is 2. The summed E-state index contributed by atoms with van der Waals surface area (Å²) in [6, 6.07) is 3.96. The Hall–Kier alpha value is -3.44. The van der Waals surface area contributed by atoms with Crippen molar-refractivity contribution in [1.82, 2.24) is 35.4 Å². The maximum atomic E-state index is 16.4. The average molecular weight is 521 g/mol. The van der Waals surface area contributed by atoms with Crippen LogP contribution in [0.1, 0.15) is 24.8 Å². The maximum absolute atomic E-state index is 16.4. The number of aryl methyl sites for hydroxylation is 1. The van der Waals surface area contributed by atoms with E-state index < -0.39 is 12.0 Å².